The predicted octanol–water partition coefficient (Wildman–Crippen LogP) is 3.05. The van der Waals surface area contributed by atoms with Gasteiger partial charge < -0.3 is 5.73 Å². The molecule has 0 aromatic carbocycles. The summed E-state index contributed by atoms with van der Waals surface area (Å²) >= 11 is 0. The first-order valence-corrected chi connectivity index (χ1v) is 7.85. The average molecular weight is 302 g/mol. The molecule has 112 valence electrons. The molecule has 1 aliphatic carbocycles. The maximum atomic E-state index is 6.05. The number of hydrogen-bond donors (Lipinski definition) is 2. The summed E-state index contributed by atoms with van der Waals surface area (Å²) in [5, 5.41) is 3.17. The quantitative estimate of drug-likeness (QED) is 0.597. The monoisotopic (exact) mass is 302 g/mol. The number of fused-ring (bicyclic) bond motifs is 2. The molecule has 5 heteroatoms. The van der Waals surface area contributed by atoms with Crippen LogP contribution in [0.2, 0.25) is 0 Å². The lowest BCUT2D eigenvalue weighted by Gasteiger charge is -2.07. The zero-order valence-electron chi connectivity index (χ0n) is 12.5. The van der Waals surface area contributed by atoms with Gasteiger partial charge in [0.15, 0.2) is 0 Å². The van der Waals surface area contributed by atoms with Crippen LogP contribution in [0.25, 0.3) is 33.1 Å². The summed E-state index contributed by atoms with van der Waals surface area (Å²) in [7, 11) is 0. The van der Waals surface area contributed by atoms with Crippen LogP contribution >= 0.6 is 0 Å². The zero-order chi connectivity index (χ0) is 15.4. The van der Waals surface area contributed by atoms with E-state index in [0.717, 1.165) is 22.1 Å². The molecule has 5 rings (SSSR count). The van der Waals surface area contributed by atoms with Crippen LogP contribution in [0.1, 0.15) is 24.5 Å². The number of aromatic nitrogens is 4. The number of pyridine rings is 3. The molecule has 0 radical (unpaired) electrons. The van der Waals surface area contributed by atoms with Crippen molar-refractivity contribution in [3.05, 3.63) is 48.5 Å². The molecular formula is C18H16N5+. The normalized spacial score (nSPS) is 14.6. The summed E-state index contributed by atoms with van der Waals surface area (Å²) in [5.74, 6) is 1.15. The van der Waals surface area contributed by atoms with E-state index in [1.165, 1.54) is 29.5 Å². The summed E-state index contributed by atoms with van der Waals surface area (Å²) in [6.45, 7) is 0. The van der Waals surface area contributed by atoms with Gasteiger partial charge in [-0.05, 0) is 37.1 Å². The van der Waals surface area contributed by atoms with E-state index in [1.807, 2.05) is 30.6 Å². The van der Waals surface area contributed by atoms with Crippen LogP contribution in [0.15, 0.2) is 42.9 Å². The first-order valence-electron chi connectivity index (χ1n) is 7.85. The van der Waals surface area contributed by atoms with Gasteiger partial charge in [-0.15, -0.1) is 0 Å². The molecule has 0 amide bonds. The molecule has 0 unspecified atom stereocenters. The van der Waals surface area contributed by atoms with E-state index in [-0.39, 0.29) is 0 Å². The number of anilines is 1. The van der Waals surface area contributed by atoms with Crippen molar-refractivity contribution in [2.45, 2.75) is 18.8 Å². The molecule has 1 aliphatic rings. The number of hydrogen-bond acceptors (Lipinski definition) is 3. The molecule has 0 spiro atoms. The number of nitrogens with two attached hydrogens (primary N) is 1. The van der Waals surface area contributed by atoms with Crippen LogP contribution in [0.4, 0.5) is 5.82 Å². The van der Waals surface area contributed by atoms with Gasteiger partial charge >= 0.3 is 0 Å². The summed E-state index contributed by atoms with van der Waals surface area (Å²) in [4.78, 5) is 15.8. The van der Waals surface area contributed by atoms with Crippen LogP contribution in [-0.2, 0) is 0 Å². The van der Waals surface area contributed by atoms with E-state index >= 15 is 0 Å². The number of nitrogen functional groups attached to an aromatic ring is 1. The third kappa shape index (κ3) is 1.83. The Balaban J connectivity index is 1.91. The van der Waals surface area contributed by atoms with Gasteiger partial charge in [0.25, 0.3) is 5.65 Å². The van der Waals surface area contributed by atoms with Crippen LogP contribution in [0.5, 0.6) is 0 Å². The van der Waals surface area contributed by atoms with Gasteiger partial charge in [0.05, 0.1) is 22.8 Å². The summed E-state index contributed by atoms with van der Waals surface area (Å²) in [5.41, 5.74) is 10.5. The maximum Gasteiger partial charge on any atom is 0.285 e. The third-order valence-electron chi connectivity index (χ3n) is 4.60. The lowest BCUT2D eigenvalue weighted by atomic mass is 10.0. The van der Waals surface area contributed by atoms with Crippen LogP contribution in [0, 0.1) is 0 Å². The highest BCUT2D eigenvalue weighted by atomic mass is 14.9. The Labute approximate surface area is 132 Å². The zero-order valence-corrected chi connectivity index (χ0v) is 12.5. The molecular weight excluding hydrogens is 286 g/mol. The molecule has 4 aromatic heterocycles. The number of H-pyrrole nitrogens is 2. The second kappa shape index (κ2) is 4.52. The molecule has 4 heterocycles. The van der Waals surface area contributed by atoms with Gasteiger partial charge in [0.2, 0.25) is 0 Å². The van der Waals surface area contributed by atoms with Gasteiger partial charge in [-0.2, -0.15) is 0 Å². The lowest BCUT2D eigenvalue weighted by Crippen LogP contribution is -2.00. The van der Waals surface area contributed by atoms with Crippen molar-refractivity contribution in [1.82, 2.24) is 15.0 Å². The molecule has 0 bridgehead atoms. The first-order chi connectivity index (χ1) is 11.3. The molecule has 1 saturated carbocycles. The average Bonchev–Trinajstić information content (AvgIpc) is 3.35. The summed E-state index contributed by atoms with van der Waals surface area (Å²) < 4.78 is 0. The van der Waals surface area contributed by atoms with Crippen molar-refractivity contribution in [1.29, 1.82) is 0 Å². The molecule has 0 atom stereocenters. The Kier molecular flexibility index (Phi) is 2.47. The Morgan fingerprint density at radius 1 is 1.04 bits per heavy atom. The Hall–Kier alpha value is -2.95. The minimum absolute atomic E-state index is 0.547. The second-order valence-corrected chi connectivity index (χ2v) is 6.10. The van der Waals surface area contributed by atoms with Gasteiger partial charge in [-0.25, -0.2) is 15.0 Å². The number of aromatic amines is 2. The molecule has 1 fully saturated rings. The number of rotatable bonds is 2. The molecule has 0 saturated heterocycles. The Bertz CT molecular complexity index is 1050. The molecule has 0 aliphatic heterocycles. The van der Waals surface area contributed by atoms with E-state index in [0.29, 0.717) is 11.7 Å². The predicted molar refractivity (Wildman–Crippen MR) is 89.8 cm³/mol. The lowest BCUT2D eigenvalue weighted by molar-refractivity contribution is -0.347. The summed E-state index contributed by atoms with van der Waals surface area (Å²) in [6.07, 6.45) is 7.97. The third-order valence-corrected chi connectivity index (χ3v) is 4.60. The van der Waals surface area contributed by atoms with E-state index in [1.54, 1.807) is 6.20 Å². The largest absolute Gasteiger partial charge is 0.383 e. The van der Waals surface area contributed by atoms with Crippen molar-refractivity contribution in [3.63, 3.8) is 0 Å². The molecule has 23 heavy (non-hydrogen) atoms. The van der Waals surface area contributed by atoms with E-state index in [4.69, 9.17) is 10.7 Å². The fraction of sp³-hybridized carbons (Fsp3) is 0.167. The SMILES string of the molecule is Nc1nccc2c(-c3c(C4CC4)[nH]c4[nH+]cccc34)nccc12. The highest BCUT2D eigenvalue weighted by molar-refractivity contribution is 6.05. The fourth-order valence-electron chi connectivity index (χ4n) is 3.35. The van der Waals surface area contributed by atoms with E-state index < -0.39 is 0 Å². The van der Waals surface area contributed by atoms with Gasteiger partial charge in [0.1, 0.15) is 11.5 Å². The minimum Gasteiger partial charge on any atom is -0.383 e. The van der Waals surface area contributed by atoms with Gasteiger partial charge in [0, 0.05) is 29.1 Å². The van der Waals surface area contributed by atoms with Gasteiger partial charge in [-0.1, -0.05) is 0 Å². The second-order valence-electron chi connectivity index (χ2n) is 6.10. The smallest absolute Gasteiger partial charge is 0.285 e. The van der Waals surface area contributed by atoms with Crippen molar-refractivity contribution in [3.8, 4) is 11.3 Å². The maximum absolute atomic E-state index is 6.05. The number of nitrogens with zero attached hydrogens (tertiary/aromatic N) is 2. The van der Waals surface area contributed by atoms with Crippen molar-refractivity contribution < 1.29 is 4.98 Å². The standard InChI is InChI=1S/C18H15N5/c19-17-12-6-8-20-16(11(12)5-9-21-17)14-13-2-1-7-22-18(13)23-15(14)10-3-4-10/h1-2,5-10H,3-4H2,(H2,19,21)(H,22,23)/p+1. The topological polar surface area (TPSA) is 81.7 Å². The van der Waals surface area contributed by atoms with Gasteiger partial charge in [-0.3, -0.25) is 4.98 Å². The Morgan fingerprint density at radius 2 is 1.87 bits per heavy atom. The van der Waals surface area contributed by atoms with E-state index in [2.05, 4.69) is 21.0 Å². The fourth-order valence-corrected chi connectivity index (χ4v) is 3.35. The Morgan fingerprint density at radius 3 is 2.74 bits per heavy atom. The highest BCUT2D eigenvalue weighted by Gasteiger charge is 2.34. The molecule has 4 N–H and O–H groups in total. The van der Waals surface area contributed by atoms with Crippen LogP contribution in [-0.4, -0.2) is 15.0 Å². The minimum atomic E-state index is 0.547. The molecule has 4 aromatic rings. The summed E-state index contributed by atoms with van der Waals surface area (Å²) in [6, 6.07) is 8.08. The number of nitrogens with one attached hydrogen (secondary N) is 2. The van der Waals surface area contributed by atoms with Crippen LogP contribution < -0.4 is 10.7 Å². The highest BCUT2D eigenvalue weighted by Crippen LogP contribution is 2.46. The first kappa shape index (κ1) is 12.6. The van der Waals surface area contributed by atoms with E-state index in [9.17, 15) is 0 Å². The molecule has 5 nitrogen and oxygen atoms in total. The van der Waals surface area contributed by atoms with Crippen LogP contribution in [0.3, 0.4) is 0 Å². The van der Waals surface area contributed by atoms with Crippen molar-refractivity contribution in [2.24, 2.45) is 0 Å². The van der Waals surface area contributed by atoms with Crippen molar-refractivity contribution >= 4 is 27.6 Å². The van der Waals surface area contributed by atoms with Crippen molar-refractivity contribution in [2.75, 3.05) is 5.73 Å².